The minimum Gasteiger partial charge on any atom is -0.370 e. The SMILES string of the molecule is CC(=O)Nc1cccc(C(=O)Nc2ccccc2N2CCCCCC2)c1. The van der Waals surface area contributed by atoms with Gasteiger partial charge in [-0.3, -0.25) is 9.59 Å². The van der Waals surface area contributed by atoms with Crippen molar-refractivity contribution in [3.63, 3.8) is 0 Å². The van der Waals surface area contributed by atoms with Crippen LogP contribution in [-0.4, -0.2) is 24.9 Å². The van der Waals surface area contributed by atoms with Crippen molar-refractivity contribution in [2.75, 3.05) is 28.6 Å². The number of benzene rings is 2. The first-order valence-corrected chi connectivity index (χ1v) is 9.16. The van der Waals surface area contributed by atoms with E-state index < -0.39 is 0 Å². The molecule has 1 aliphatic heterocycles. The lowest BCUT2D eigenvalue weighted by Gasteiger charge is -2.25. The zero-order valence-corrected chi connectivity index (χ0v) is 15.1. The molecular formula is C21H25N3O2. The number of nitrogens with zero attached hydrogens (tertiary/aromatic N) is 1. The molecule has 0 bridgehead atoms. The summed E-state index contributed by atoms with van der Waals surface area (Å²) in [6.45, 7) is 3.49. The Balaban J connectivity index is 1.78. The highest BCUT2D eigenvalue weighted by atomic mass is 16.2. The van der Waals surface area contributed by atoms with Crippen molar-refractivity contribution in [2.45, 2.75) is 32.6 Å². The standard InChI is InChI=1S/C21H25N3O2/c1-16(25)22-18-10-8-9-17(15-18)21(26)23-19-11-4-5-12-20(19)24-13-6-2-3-7-14-24/h4-5,8-12,15H,2-3,6-7,13-14H2,1H3,(H,22,25)(H,23,26). The number of para-hydroxylation sites is 2. The molecule has 0 spiro atoms. The van der Waals surface area contributed by atoms with Gasteiger partial charge in [-0.05, 0) is 43.2 Å². The first-order valence-electron chi connectivity index (χ1n) is 9.16. The molecule has 1 saturated heterocycles. The highest BCUT2D eigenvalue weighted by molar-refractivity contribution is 6.06. The second-order valence-electron chi connectivity index (χ2n) is 6.63. The van der Waals surface area contributed by atoms with E-state index in [1.165, 1.54) is 32.6 Å². The molecule has 2 aromatic carbocycles. The molecule has 2 aromatic rings. The maximum atomic E-state index is 12.7. The molecule has 26 heavy (non-hydrogen) atoms. The van der Waals surface area contributed by atoms with Crippen LogP contribution in [0.2, 0.25) is 0 Å². The Morgan fingerprint density at radius 2 is 1.62 bits per heavy atom. The molecule has 5 heteroatoms. The van der Waals surface area contributed by atoms with Crippen LogP contribution in [0.5, 0.6) is 0 Å². The minimum atomic E-state index is -0.181. The van der Waals surface area contributed by atoms with E-state index >= 15 is 0 Å². The van der Waals surface area contributed by atoms with Crippen molar-refractivity contribution in [1.82, 2.24) is 0 Å². The number of carbonyl (C=O) groups is 2. The summed E-state index contributed by atoms with van der Waals surface area (Å²) in [6, 6.07) is 14.9. The van der Waals surface area contributed by atoms with E-state index in [0.29, 0.717) is 11.3 Å². The Bertz CT molecular complexity index is 780. The third-order valence-corrected chi connectivity index (χ3v) is 4.54. The zero-order chi connectivity index (χ0) is 18.4. The van der Waals surface area contributed by atoms with Crippen LogP contribution in [0, 0.1) is 0 Å². The van der Waals surface area contributed by atoms with Crippen LogP contribution in [0.4, 0.5) is 17.1 Å². The summed E-state index contributed by atoms with van der Waals surface area (Å²) in [5, 5.41) is 5.74. The van der Waals surface area contributed by atoms with Gasteiger partial charge in [-0.15, -0.1) is 0 Å². The van der Waals surface area contributed by atoms with Gasteiger partial charge in [0, 0.05) is 31.3 Å². The third kappa shape index (κ3) is 4.63. The molecule has 0 saturated carbocycles. The summed E-state index contributed by atoms with van der Waals surface area (Å²) in [5.41, 5.74) is 3.03. The van der Waals surface area contributed by atoms with Gasteiger partial charge in [-0.2, -0.15) is 0 Å². The van der Waals surface area contributed by atoms with Crippen molar-refractivity contribution in [3.8, 4) is 0 Å². The van der Waals surface area contributed by atoms with Crippen LogP contribution >= 0.6 is 0 Å². The lowest BCUT2D eigenvalue weighted by molar-refractivity contribution is -0.114. The Kier molecular flexibility index (Phi) is 5.89. The molecule has 0 atom stereocenters. The van der Waals surface area contributed by atoms with Crippen LogP contribution in [0.3, 0.4) is 0 Å². The summed E-state index contributed by atoms with van der Waals surface area (Å²) < 4.78 is 0. The number of anilines is 3. The molecular weight excluding hydrogens is 326 g/mol. The Labute approximate surface area is 154 Å². The van der Waals surface area contributed by atoms with Gasteiger partial charge < -0.3 is 15.5 Å². The largest absolute Gasteiger partial charge is 0.370 e. The van der Waals surface area contributed by atoms with Crippen molar-refractivity contribution in [3.05, 3.63) is 54.1 Å². The quantitative estimate of drug-likeness (QED) is 0.864. The van der Waals surface area contributed by atoms with E-state index in [2.05, 4.69) is 21.6 Å². The van der Waals surface area contributed by atoms with Crippen molar-refractivity contribution >= 4 is 28.9 Å². The summed E-state index contributed by atoms with van der Waals surface area (Å²) in [6.07, 6.45) is 4.89. The van der Waals surface area contributed by atoms with Crippen molar-refractivity contribution < 1.29 is 9.59 Å². The van der Waals surface area contributed by atoms with Crippen LogP contribution in [0.1, 0.15) is 43.0 Å². The van der Waals surface area contributed by atoms with E-state index in [9.17, 15) is 9.59 Å². The predicted octanol–water partition coefficient (Wildman–Crippen LogP) is 4.28. The fourth-order valence-corrected chi connectivity index (χ4v) is 3.30. The van der Waals surface area contributed by atoms with Gasteiger partial charge in [0.1, 0.15) is 0 Å². The molecule has 3 rings (SSSR count). The fraction of sp³-hybridized carbons (Fsp3) is 0.333. The molecule has 5 nitrogen and oxygen atoms in total. The van der Waals surface area contributed by atoms with Gasteiger partial charge in [0.25, 0.3) is 5.91 Å². The fourth-order valence-electron chi connectivity index (χ4n) is 3.30. The monoisotopic (exact) mass is 351 g/mol. The van der Waals surface area contributed by atoms with Gasteiger partial charge in [-0.1, -0.05) is 31.0 Å². The molecule has 136 valence electrons. The number of carbonyl (C=O) groups excluding carboxylic acids is 2. The first-order chi connectivity index (χ1) is 12.6. The highest BCUT2D eigenvalue weighted by Gasteiger charge is 2.15. The smallest absolute Gasteiger partial charge is 0.255 e. The molecule has 0 aromatic heterocycles. The third-order valence-electron chi connectivity index (χ3n) is 4.54. The Morgan fingerprint density at radius 1 is 0.885 bits per heavy atom. The van der Waals surface area contributed by atoms with E-state index in [-0.39, 0.29) is 11.8 Å². The van der Waals surface area contributed by atoms with Crippen LogP contribution in [0.15, 0.2) is 48.5 Å². The average molecular weight is 351 g/mol. The van der Waals surface area contributed by atoms with Gasteiger partial charge >= 0.3 is 0 Å². The van der Waals surface area contributed by atoms with Crippen LogP contribution in [0.25, 0.3) is 0 Å². The molecule has 2 amide bonds. The Hall–Kier alpha value is -2.82. The topological polar surface area (TPSA) is 61.4 Å². The average Bonchev–Trinajstić information content (AvgIpc) is 2.91. The van der Waals surface area contributed by atoms with Gasteiger partial charge in [0.2, 0.25) is 5.91 Å². The van der Waals surface area contributed by atoms with Gasteiger partial charge in [0.15, 0.2) is 0 Å². The van der Waals surface area contributed by atoms with Gasteiger partial charge in [-0.25, -0.2) is 0 Å². The summed E-state index contributed by atoms with van der Waals surface area (Å²) in [5.74, 6) is -0.339. The van der Waals surface area contributed by atoms with E-state index in [1.807, 2.05) is 18.2 Å². The molecule has 1 heterocycles. The number of hydrogen-bond donors (Lipinski definition) is 2. The number of rotatable bonds is 4. The van der Waals surface area contributed by atoms with Crippen LogP contribution < -0.4 is 15.5 Å². The van der Waals surface area contributed by atoms with E-state index in [1.54, 1.807) is 24.3 Å². The predicted molar refractivity (Wildman–Crippen MR) is 106 cm³/mol. The van der Waals surface area contributed by atoms with Gasteiger partial charge in [0.05, 0.1) is 11.4 Å². The second kappa shape index (κ2) is 8.52. The highest BCUT2D eigenvalue weighted by Crippen LogP contribution is 2.28. The molecule has 1 fully saturated rings. The summed E-state index contributed by atoms with van der Waals surface area (Å²) in [4.78, 5) is 26.3. The molecule has 0 aliphatic carbocycles. The maximum Gasteiger partial charge on any atom is 0.255 e. The maximum absolute atomic E-state index is 12.7. The normalized spacial score (nSPS) is 14.4. The Morgan fingerprint density at radius 3 is 2.35 bits per heavy atom. The minimum absolute atomic E-state index is 0.158. The van der Waals surface area contributed by atoms with E-state index in [4.69, 9.17) is 0 Å². The molecule has 0 unspecified atom stereocenters. The molecule has 2 N–H and O–H groups in total. The number of amides is 2. The lowest BCUT2D eigenvalue weighted by atomic mass is 10.1. The molecule has 0 radical (unpaired) electrons. The van der Waals surface area contributed by atoms with E-state index in [0.717, 1.165) is 24.5 Å². The number of hydrogen-bond acceptors (Lipinski definition) is 3. The summed E-state index contributed by atoms with van der Waals surface area (Å²) >= 11 is 0. The van der Waals surface area contributed by atoms with Crippen molar-refractivity contribution in [2.24, 2.45) is 0 Å². The van der Waals surface area contributed by atoms with Crippen LogP contribution in [-0.2, 0) is 4.79 Å². The number of nitrogens with one attached hydrogen (secondary N) is 2. The second-order valence-corrected chi connectivity index (χ2v) is 6.63. The molecule has 1 aliphatic rings. The first kappa shape index (κ1) is 18.0. The zero-order valence-electron chi connectivity index (χ0n) is 15.1. The van der Waals surface area contributed by atoms with Crippen molar-refractivity contribution in [1.29, 1.82) is 0 Å². The summed E-state index contributed by atoms with van der Waals surface area (Å²) in [7, 11) is 0. The lowest BCUT2D eigenvalue weighted by Crippen LogP contribution is -2.25.